The lowest BCUT2D eigenvalue weighted by Gasteiger charge is -2.34. The van der Waals surface area contributed by atoms with Gasteiger partial charge in [0.2, 0.25) is 41.4 Å². The second-order valence-electron chi connectivity index (χ2n) is 29.8. The van der Waals surface area contributed by atoms with E-state index in [9.17, 15) is 33.6 Å². The number of methoxy groups -OCH3 is 2. The van der Waals surface area contributed by atoms with Crippen molar-refractivity contribution >= 4 is 96.9 Å². The molecule has 118 heavy (non-hydrogen) atoms. The number of nitrogens with one attached hydrogen (secondary N) is 5. The van der Waals surface area contributed by atoms with Crippen LogP contribution in [0.1, 0.15) is 37.7 Å². The van der Waals surface area contributed by atoms with E-state index >= 15 is 0 Å². The minimum Gasteiger partial charge on any atom is -0.497 e. The monoisotopic (exact) mass is 1610 g/mol. The fourth-order valence-electron chi connectivity index (χ4n) is 14.5. The normalized spacial score (nSPS) is 13.3. The van der Waals surface area contributed by atoms with Crippen LogP contribution in [0.25, 0.3) is 89.7 Å². The molecule has 0 unspecified atom stereocenters. The van der Waals surface area contributed by atoms with Gasteiger partial charge in [0.05, 0.1) is 97.2 Å². The lowest BCUT2D eigenvalue weighted by Crippen LogP contribution is -2.52. The average molecular weight is 1610 g/mol. The van der Waals surface area contributed by atoms with Crippen LogP contribution in [0.15, 0.2) is 146 Å². The molecule has 11 N–H and O–H groups in total. The third-order valence-electron chi connectivity index (χ3n) is 21.3. The smallest absolute Gasteiger partial charge is 0.242 e. The molecule has 13 rings (SSSR count). The number of aromatic nitrogens is 8. The zero-order valence-electron chi connectivity index (χ0n) is 67.4. The number of aromatic amines is 4. The predicted octanol–water partition coefficient (Wildman–Crippen LogP) is 6.29. The van der Waals surface area contributed by atoms with Crippen molar-refractivity contribution in [1.82, 2.24) is 79.5 Å². The molecule has 2 saturated heterocycles. The first-order valence-electron chi connectivity index (χ1n) is 40.1. The van der Waals surface area contributed by atoms with Gasteiger partial charge in [-0.05, 0) is 148 Å². The predicted molar refractivity (Wildman–Crippen MR) is 454 cm³/mol. The summed E-state index contributed by atoms with van der Waals surface area (Å²) >= 11 is 0. The van der Waals surface area contributed by atoms with E-state index in [4.69, 9.17) is 56.1 Å². The molecule has 620 valence electrons. The van der Waals surface area contributed by atoms with Crippen molar-refractivity contribution in [3.63, 3.8) is 0 Å². The van der Waals surface area contributed by atoms with E-state index in [0.717, 1.165) is 136 Å². The number of piperazine rings is 2. The molecule has 0 saturated carbocycles. The fraction of sp³-hybridized carbons (Fsp3) is 0.384. The molecular weight excluding hydrogens is 1500 g/mol. The number of carbonyl (C=O) groups is 7. The number of carbonyl (C=O) groups excluding carboxylic acids is 7. The number of anilines is 2. The zero-order valence-corrected chi connectivity index (χ0v) is 67.4. The van der Waals surface area contributed by atoms with Crippen LogP contribution in [0.5, 0.6) is 17.2 Å². The number of H-pyrrole nitrogens is 4. The molecule has 0 bridgehead atoms. The molecule has 32 nitrogen and oxygen atoms in total. The van der Waals surface area contributed by atoms with Crippen molar-refractivity contribution in [2.75, 3.05) is 189 Å². The van der Waals surface area contributed by atoms with Gasteiger partial charge in [-0.25, -0.2) is 19.9 Å². The first kappa shape index (κ1) is 83.5. The molecule has 7 aromatic carbocycles. The first-order valence-corrected chi connectivity index (χ1v) is 40.1. The maximum Gasteiger partial charge on any atom is 0.242 e. The third-order valence-corrected chi connectivity index (χ3v) is 21.3. The number of primary amides is 1. The SMILES string of the molecule is COCCN(CC(=O)N(CCCNC(=O)CCCOc1cccc(-c2nc3ccc(-c4nc5cc(N6CCN(C)CC6)ccc5[nH]4)cc3[nH]2)c1)CC(N)=O)C(=O)CN(CCN)C(=O)CN(Cc1ccc(OC)cc1)C(=O)CN(CCN)C(=O)CCCOc1cccc(-c2nc3ccc(-c4nc5cc(N6CCN(C)CC6)ccc5[nH]4)cc3[nH]2)c1. The van der Waals surface area contributed by atoms with Gasteiger partial charge < -0.3 is 106 Å². The summed E-state index contributed by atoms with van der Waals surface area (Å²) in [7, 11) is 7.25. The first-order chi connectivity index (χ1) is 57.3. The molecule has 0 aliphatic carbocycles. The van der Waals surface area contributed by atoms with Gasteiger partial charge in [-0.2, -0.15) is 0 Å². The zero-order chi connectivity index (χ0) is 82.6. The van der Waals surface area contributed by atoms with E-state index in [-0.39, 0.29) is 103 Å². The lowest BCUT2D eigenvalue weighted by molar-refractivity contribution is -0.147. The Labute approximate surface area is 684 Å². The molecule has 11 aromatic rings. The molecule has 2 aliphatic rings. The molecule has 0 atom stereocenters. The summed E-state index contributed by atoms with van der Waals surface area (Å²) in [5.74, 6) is 0.733. The van der Waals surface area contributed by atoms with Crippen molar-refractivity contribution < 1.29 is 52.5 Å². The fourth-order valence-corrected chi connectivity index (χ4v) is 14.5. The van der Waals surface area contributed by atoms with Crippen molar-refractivity contribution in [2.45, 2.75) is 38.6 Å². The topological polar surface area (TPSA) is 390 Å². The number of rotatable bonds is 40. The Balaban J connectivity index is 0.562. The Hall–Kier alpha value is -12.5. The molecule has 6 heterocycles. The molecule has 2 fully saturated rings. The molecule has 32 heteroatoms. The van der Waals surface area contributed by atoms with Crippen LogP contribution < -0.4 is 46.5 Å². The van der Waals surface area contributed by atoms with E-state index in [0.29, 0.717) is 47.3 Å². The van der Waals surface area contributed by atoms with Gasteiger partial charge >= 0.3 is 0 Å². The van der Waals surface area contributed by atoms with Crippen LogP contribution in [-0.2, 0) is 44.8 Å². The number of imidazole rings is 4. The van der Waals surface area contributed by atoms with E-state index in [1.54, 1.807) is 24.3 Å². The summed E-state index contributed by atoms with van der Waals surface area (Å²) in [5.41, 5.74) is 31.2. The van der Waals surface area contributed by atoms with Gasteiger partial charge in [-0.15, -0.1) is 0 Å². The van der Waals surface area contributed by atoms with Crippen molar-refractivity contribution in [2.24, 2.45) is 17.2 Å². The minimum atomic E-state index is -0.793. The number of ether oxygens (including phenoxy) is 4. The van der Waals surface area contributed by atoms with Crippen LogP contribution in [0.2, 0.25) is 0 Å². The lowest BCUT2D eigenvalue weighted by atomic mass is 10.2. The maximum absolute atomic E-state index is 14.6. The molecule has 2 aliphatic heterocycles. The van der Waals surface area contributed by atoms with E-state index in [1.165, 1.54) is 44.4 Å². The molecule has 0 spiro atoms. The van der Waals surface area contributed by atoms with Crippen LogP contribution in [0.3, 0.4) is 0 Å². The Morgan fingerprint density at radius 3 is 1.35 bits per heavy atom. The van der Waals surface area contributed by atoms with Gasteiger partial charge in [0, 0.05) is 158 Å². The highest BCUT2D eigenvalue weighted by atomic mass is 16.5. The Bertz CT molecular complexity index is 5300. The Morgan fingerprint density at radius 2 is 0.864 bits per heavy atom. The second kappa shape index (κ2) is 39.9. The molecular formula is C86H105N21O11. The largest absolute Gasteiger partial charge is 0.497 e. The molecule has 4 aromatic heterocycles. The molecule has 7 amide bonds. The van der Waals surface area contributed by atoms with Crippen LogP contribution in [0, 0.1) is 0 Å². The number of fused-ring (bicyclic) bond motifs is 4. The number of likely N-dealkylation sites (N-methyl/N-ethyl adjacent to an activating group) is 2. The van der Waals surface area contributed by atoms with Gasteiger partial charge in [-0.1, -0.05) is 36.4 Å². The standard InChI is InChI=1S/C86H105N21O11/c1-99-34-38-101(39-35-99)63-20-26-70-74(50-63)97-85(93-70)61-18-24-68-72(48-61)95-83(91-68)59-10-5-12-66(46-59)117-43-7-14-77(109)90-30-9-31-103(53-76(89)108)79(111)55-106(42-45-115-3)80(112)54-105(33-29-88)81(113)57-107(52-58-16-22-65(116-4)23-17-58)82(114)56-104(32-28-87)78(110)15-8-44-118-67-13-6-11-60(47-67)84-92-69-25-19-62(49-73(69)96-84)86-94-71-27-21-64(51-75(71)98-86)102-40-36-100(2)37-41-102/h5-6,10-13,16-27,46-51H,7-9,14-15,28-45,52-57,87-88H2,1-4H3,(H2,89,108)(H,90,109)(H,91,95)(H,92,96)(H,93,97)(H,94,98). The summed E-state index contributed by atoms with van der Waals surface area (Å²) < 4.78 is 23.0. The number of hydrogen-bond acceptors (Lipinski definition) is 21. The van der Waals surface area contributed by atoms with Gasteiger partial charge in [0.15, 0.2) is 0 Å². The van der Waals surface area contributed by atoms with Gasteiger partial charge in [0.25, 0.3) is 0 Å². The number of hydrogen-bond donors (Lipinski definition) is 8. The second-order valence-corrected chi connectivity index (χ2v) is 29.8. The summed E-state index contributed by atoms with van der Waals surface area (Å²) in [4.78, 5) is 146. The highest BCUT2D eigenvalue weighted by Crippen LogP contribution is 2.33. The third kappa shape index (κ3) is 22.0. The average Bonchev–Trinajstić information content (AvgIpc) is 1.64. The minimum absolute atomic E-state index is 0.00711. The van der Waals surface area contributed by atoms with Crippen LogP contribution >= 0.6 is 0 Å². The highest BCUT2D eigenvalue weighted by Gasteiger charge is 2.30. The quantitative estimate of drug-likeness (QED) is 0.0196. The summed E-state index contributed by atoms with van der Waals surface area (Å²) in [6.45, 7) is 5.91. The van der Waals surface area contributed by atoms with Crippen LogP contribution in [0.4, 0.5) is 11.4 Å². The number of nitrogens with zero attached hydrogens (tertiary/aromatic N) is 13. The van der Waals surface area contributed by atoms with Crippen molar-refractivity contribution in [3.05, 3.63) is 151 Å². The number of amides is 7. The summed E-state index contributed by atoms with van der Waals surface area (Å²) in [6.07, 6.45) is 1.12. The summed E-state index contributed by atoms with van der Waals surface area (Å²) in [5, 5.41) is 2.87. The Kier molecular flexibility index (Phi) is 28.2. The maximum atomic E-state index is 14.6. The van der Waals surface area contributed by atoms with E-state index in [2.05, 4.69) is 95.3 Å². The Morgan fingerprint density at radius 1 is 0.424 bits per heavy atom. The van der Waals surface area contributed by atoms with Gasteiger partial charge in [-0.3, -0.25) is 33.6 Å². The van der Waals surface area contributed by atoms with Crippen molar-refractivity contribution in [1.29, 1.82) is 0 Å². The van der Waals surface area contributed by atoms with Crippen molar-refractivity contribution in [3.8, 4) is 62.8 Å². The van der Waals surface area contributed by atoms with E-state index in [1.807, 2.05) is 84.9 Å². The van der Waals surface area contributed by atoms with Crippen LogP contribution in [-0.4, -0.2) is 295 Å². The molecule has 0 radical (unpaired) electrons. The van der Waals surface area contributed by atoms with E-state index < -0.39 is 62.3 Å². The number of benzene rings is 7. The number of nitrogens with two attached hydrogens (primary N) is 3. The summed E-state index contributed by atoms with van der Waals surface area (Å²) in [6, 6.07) is 46.8. The van der Waals surface area contributed by atoms with Gasteiger partial charge in [0.1, 0.15) is 47.1 Å². The highest BCUT2D eigenvalue weighted by molar-refractivity contribution is 5.94.